The number of hydrogen-bond acceptors (Lipinski definition) is 1. The van der Waals surface area contributed by atoms with E-state index in [1.54, 1.807) is 0 Å². The highest BCUT2D eigenvalue weighted by atomic mass is 79.9. The molecule has 1 nitrogen and oxygen atoms in total. The van der Waals surface area contributed by atoms with Gasteiger partial charge in [0.2, 0.25) is 0 Å². The van der Waals surface area contributed by atoms with Crippen molar-refractivity contribution >= 4 is 24.0 Å². The molecule has 1 heterocycles. The van der Waals surface area contributed by atoms with Gasteiger partial charge in [-0.05, 0) is 5.56 Å². The third kappa shape index (κ3) is 2.41. The van der Waals surface area contributed by atoms with Crippen molar-refractivity contribution in [1.29, 1.82) is 0 Å². The first kappa shape index (κ1) is 11.9. The zero-order valence-corrected chi connectivity index (χ0v) is 12.5. The molecule has 0 N–H and O–H groups in total. The van der Waals surface area contributed by atoms with Crippen LogP contribution in [0.4, 0.5) is 0 Å². The van der Waals surface area contributed by atoms with E-state index in [4.69, 9.17) is 4.74 Å². The van der Waals surface area contributed by atoms with Crippen molar-refractivity contribution in [2.45, 2.75) is 32.2 Å². The fourth-order valence-electron chi connectivity index (χ4n) is 1.94. The summed E-state index contributed by atoms with van der Waals surface area (Å²) in [6.07, 6.45) is 1.18. The summed E-state index contributed by atoms with van der Waals surface area (Å²) in [6.45, 7) is 6.95. The molecule has 0 aliphatic carbocycles. The SMILES string of the molecule is C[Si](C)(C)C1=C(Br)CC(c2ccccc2)O1. The van der Waals surface area contributed by atoms with Gasteiger partial charge in [0.05, 0.1) is 5.38 Å². The number of ether oxygens (including phenoxy) is 1. The highest BCUT2D eigenvalue weighted by molar-refractivity contribution is 9.11. The van der Waals surface area contributed by atoms with Gasteiger partial charge in [0.25, 0.3) is 0 Å². The van der Waals surface area contributed by atoms with Crippen LogP contribution in [-0.2, 0) is 4.74 Å². The first-order chi connectivity index (χ1) is 7.48. The van der Waals surface area contributed by atoms with Gasteiger partial charge in [0, 0.05) is 10.9 Å². The van der Waals surface area contributed by atoms with E-state index in [1.165, 1.54) is 15.4 Å². The summed E-state index contributed by atoms with van der Waals surface area (Å²) in [5.41, 5.74) is 1.27. The van der Waals surface area contributed by atoms with Crippen LogP contribution in [0.15, 0.2) is 40.2 Å². The first-order valence-corrected chi connectivity index (χ1v) is 9.88. The summed E-state index contributed by atoms with van der Waals surface area (Å²) < 4.78 is 7.38. The Morgan fingerprint density at radius 3 is 2.31 bits per heavy atom. The van der Waals surface area contributed by atoms with Crippen LogP contribution >= 0.6 is 15.9 Å². The maximum atomic E-state index is 6.12. The molecule has 1 aromatic carbocycles. The minimum Gasteiger partial charge on any atom is -0.494 e. The number of benzene rings is 1. The van der Waals surface area contributed by atoms with E-state index in [-0.39, 0.29) is 6.10 Å². The lowest BCUT2D eigenvalue weighted by atomic mass is 10.1. The molecule has 1 unspecified atom stereocenters. The molecular formula is C13H17BrOSi. The molecule has 0 bridgehead atoms. The van der Waals surface area contributed by atoms with E-state index < -0.39 is 8.07 Å². The van der Waals surface area contributed by atoms with Crippen LogP contribution in [0.2, 0.25) is 19.6 Å². The Labute approximate surface area is 107 Å². The molecule has 0 spiro atoms. The number of rotatable bonds is 2. The highest BCUT2D eigenvalue weighted by Crippen LogP contribution is 2.42. The van der Waals surface area contributed by atoms with Crippen LogP contribution in [-0.4, -0.2) is 8.07 Å². The summed E-state index contributed by atoms with van der Waals surface area (Å²) in [5, 5.41) is 1.22. The molecule has 1 aromatic rings. The monoisotopic (exact) mass is 296 g/mol. The van der Waals surface area contributed by atoms with Crippen LogP contribution < -0.4 is 0 Å². The van der Waals surface area contributed by atoms with Crippen LogP contribution in [0.25, 0.3) is 0 Å². The zero-order chi connectivity index (χ0) is 11.8. The molecule has 0 amide bonds. The minimum absolute atomic E-state index is 0.206. The van der Waals surface area contributed by atoms with Gasteiger partial charge in [-0.1, -0.05) is 65.9 Å². The Morgan fingerprint density at radius 1 is 1.19 bits per heavy atom. The van der Waals surface area contributed by atoms with E-state index in [1.807, 2.05) is 6.07 Å². The van der Waals surface area contributed by atoms with E-state index in [2.05, 4.69) is 59.8 Å². The predicted molar refractivity (Wildman–Crippen MR) is 74.2 cm³/mol. The third-order valence-electron chi connectivity index (χ3n) is 2.72. The maximum absolute atomic E-state index is 6.12. The summed E-state index contributed by atoms with van der Waals surface area (Å²) >= 11 is 3.67. The minimum atomic E-state index is -1.35. The molecule has 0 fully saturated rings. The largest absolute Gasteiger partial charge is 0.494 e. The van der Waals surface area contributed by atoms with Crippen LogP contribution in [0.5, 0.6) is 0 Å². The average Bonchev–Trinajstić information content (AvgIpc) is 2.61. The molecule has 0 aromatic heterocycles. The maximum Gasteiger partial charge on any atom is 0.127 e. The second-order valence-electron chi connectivity index (χ2n) is 5.21. The molecule has 0 saturated heterocycles. The second-order valence-corrected chi connectivity index (χ2v) is 11.1. The molecule has 86 valence electrons. The average molecular weight is 297 g/mol. The van der Waals surface area contributed by atoms with Gasteiger partial charge in [-0.15, -0.1) is 0 Å². The Hall–Kier alpha value is -0.543. The predicted octanol–water partition coefficient (Wildman–Crippen LogP) is 4.63. The first-order valence-electron chi connectivity index (χ1n) is 5.59. The van der Waals surface area contributed by atoms with E-state index in [9.17, 15) is 0 Å². The van der Waals surface area contributed by atoms with Gasteiger partial charge in [0.15, 0.2) is 0 Å². The normalized spacial score (nSPS) is 21.1. The fourth-order valence-corrected chi connectivity index (χ4v) is 5.52. The summed E-state index contributed by atoms with van der Waals surface area (Å²) in [5.74, 6) is 0. The molecule has 1 aliphatic heterocycles. The molecule has 1 aliphatic rings. The van der Waals surface area contributed by atoms with Crippen molar-refractivity contribution < 1.29 is 4.74 Å². The molecule has 16 heavy (non-hydrogen) atoms. The van der Waals surface area contributed by atoms with Gasteiger partial charge >= 0.3 is 0 Å². The van der Waals surface area contributed by atoms with Crippen molar-refractivity contribution in [1.82, 2.24) is 0 Å². The number of halogens is 1. The smallest absolute Gasteiger partial charge is 0.127 e. The standard InChI is InChI=1S/C13H17BrOSi/c1-16(2,3)13-11(14)9-12(15-13)10-7-5-4-6-8-10/h4-8,12H,9H2,1-3H3. The van der Waals surface area contributed by atoms with Crippen molar-refractivity contribution in [3.8, 4) is 0 Å². The molecule has 0 radical (unpaired) electrons. The Morgan fingerprint density at radius 2 is 1.81 bits per heavy atom. The summed E-state index contributed by atoms with van der Waals surface area (Å²) in [6, 6.07) is 10.5. The highest BCUT2D eigenvalue weighted by Gasteiger charge is 2.33. The third-order valence-corrected chi connectivity index (χ3v) is 5.56. The topological polar surface area (TPSA) is 9.23 Å². The lowest BCUT2D eigenvalue weighted by molar-refractivity contribution is 0.160. The Balaban J connectivity index is 2.18. The second kappa shape index (κ2) is 4.38. The molecule has 1 atom stereocenters. The van der Waals surface area contributed by atoms with Crippen LogP contribution in [0.1, 0.15) is 18.1 Å². The quantitative estimate of drug-likeness (QED) is 0.723. The number of hydrogen-bond donors (Lipinski definition) is 0. The van der Waals surface area contributed by atoms with E-state index in [0.717, 1.165) is 6.42 Å². The zero-order valence-electron chi connectivity index (χ0n) is 9.96. The lowest BCUT2D eigenvalue weighted by Crippen LogP contribution is -2.25. The molecule has 2 rings (SSSR count). The van der Waals surface area contributed by atoms with Gasteiger partial charge < -0.3 is 4.74 Å². The van der Waals surface area contributed by atoms with Crippen LogP contribution in [0, 0.1) is 0 Å². The Bertz CT molecular complexity index is 406. The van der Waals surface area contributed by atoms with Crippen molar-refractivity contribution in [2.24, 2.45) is 0 Å². The van der Waals surface area contributed by atoms with Gasteiger partial charge in [-0.25, -0.2) is 0 Å². The fraction of sp³-hybridized carbons (Fsp3) is 0.385. The van der Waals surface area contributed by atoms with Crippen molar-refractivity contribution in [3.05, 3.63) is 45.8 Å². The molecular weight excluding hydrogens is 280 g/mol. The summed E-state index contributed by atoms with van der Waals surface area (Å²) in [4.78, 5) is 0. The van der Waals surface area contributed by atoms with Crippen molar-refractivity contribution in [2.75, 3.05) is 0 Å². The van der Waals surface area contributed by atoms with E-state index in [0.29, 0.717) is 0 Å². The lowest BCUT2D eigenvalue weighted by Gasteiger charge is -2.21. The summed E-state index contributed by atoms with van der Waals surface area (Å²) in [7, 11) is -1.35. The van der Waals surface area contributed by atoms with E-state index >= 15 is 0 Å². The van der Waals surface area contributed by atoms with Gasteiger partial charge in [0.1, 0.15) is 14.2 Å². The molecule has 0 saturated carbocycles. The van der Waals surface area contributed by atoms with Crippen LogP contribution in [0.3, 0.4) is 0 Å². The Kier molecular flexibility index (Phi) is 3.26. The van der Waals surface area contributed by atoms with Gasteiger partial charge in [-0.2, -0.15) is 0 Å². The molecule has 3 heteroatoms. The van der Waals surface area contributed by atoms with Gasteiger partial charge in [-0.3, -0.25) is 0 Å². The van der Waals surface area contributed by atoms with Crippen molar-refractivity contribution in [3.63, 3.8) is 0 Å².